The number of benzene rings is 1. The second kappa shape index (κ2) is 12.0. The summed E-state index contributed by atoms with van der Waals surface area (Å²) in [5.74, 6) is -0.179. The van der Waals surface area contributed by atoms with Gasteiger partial charge < -0.3 is 26.4 Å². The van der Waals surface area contributed by atoms with E-state index in [1.807, 2.05) is 30.3 Å². The first-order chi connectivity index (χ1) is 12.3. The molecule has 1 rings (SSSR count). The maximum absolute atomic E-state index is 12.1. The van der Waals surface area contributed by atoms with E-state index in [0.717, 1.165) is 31.6 Å². The summed E-state index contributed by atoms with van der Waals surface area (Å²) in [5, 5.41) is 2.89. The fraction of sp³-hybridized carbons (Fsp3) is 0.650. The number of amides is 1. The van der Waals surface area contributed by atoms with E-state index in [9.17, 15) is 4.79 Å². The third-order valence-electron chi connectivity index (χ3n) is 4.10. The van der Waals surface area contributed by atoms with Crippen molar-refractivity contribution in [3.05, 3.63) is 35.9 Å². The molecule has 0 saturated carbocycles. The van der Waals surface area contributed by atoms with Gasteiger partial charge in [-0.1, -0.05) is 51.1 Å². The summed E-state index contributed by atoms with van der Waals surface area (Å²) in [6, 6.07) is 9.18. The standard InChI is InChI=1S/C20H36N4O2/c1-20(2,3)9-12-24(13-10-21)14-11-23-19(25)18(22)16-26-15-17-7-5-4-6-8-17/h4-8,18H,9-16,21-22H2,1-3H3,(H,23,25). The van der Waals surface area contributed by atoms with Crippen LogP contribution in [0.4, 0.5) is 0 Å². The van der Waals surface area contributed by atoms with E-state index >= 15 is 0 Å². The molecule has 0 saturated heterocycles. The van der Waals surface area contributed by atoms with Crippen LogP contribution in [0.5, 0.6) is 0 Å². The molecular formula is C20H36N4O2. The Morgan fingerprint density at radius 3 is 2.50 bits per heavy atom. The molecule has 0 aliphatic carbocycles. The molecule has 0 heterocycles. The fourth-order valence-electron chi connectivity index (χ4n) is 2.43. The van der Waals surface area contributed by atoms with Crippen LogP contribution >= 0.6 is 0 Å². The molecule has 6 heteroatoms. The second-order valence-electron chi connectivity index (χ2n) is 7.84. The zero-order valence-electron chi connectivity index (χ0n) is 16.5. The minimum atomic E-state index is -0.656. The van der Waals surface area contributed by atoms with Gasteiger partial charge in [-0.15, -0.1) is 0 Å². The van der Waals surface area contributed by atoms with Crippen molar-refractivity contribution >= 4 is 5.91 Å². The molecule has 0 aliphatic heterocycles. The van der Waals surface area contributed by atoms with E-state index in [1.54, 1.807) is 0 Å². The molecule has 1 atom stereocenters. The highest BCUT2D eigenvalue weighted by atomic mass is 16.5. The summed E-state index contributed by atoms with van der Waals surface area (Å²) >= 11 is 0. The minimum absolute atomic E-state index is 0.179. The number of nitrogens with two attached hydrogens (primary N) is 2. The number of nitrogens with one attached hydrogen (secondary N) is 1. The molecule has 0 spiro atoms. The molecule has 0 fully saturated rings. The van der Waals surface area contributed by atoms with Crippen LogP contribution in [0.1, 0.15) is 32.8 Å². The lowest BCUT2D eigenvalue weighted by Gasteiger charge is -2.26. The third-order valence-corrected chi connectivity index (χ3v) is 4.10. The van der Waals surface area contributed by atoms with Crippen molar-refractivity contribution in [3.8, 4) is 0 Å². The largest absolute Gasteiger partial charge is 0.375 e. The molecule has 148 valence electrons. The van der Waals surface area contributed by atoms with E-state index in [2.05, 4.69) is 31.0 Å². The molecule has 6 nitrogen and oxygen atoms in total. The molecule has 0 aliphatic rings. The number of hydrogen-bond donors (Lipinski definition) is 3. The van der Waals surface area contributed by atoms with Crippen molar-refractivity contribution in [1.82, 2.24) is 10.2 Å². The van der Waals surface area contributed by atoms with Crippen molar-refractivity contribution in [1.29, 1.82) is 0 Å². The van der Waals surface area contributed by atoms with Crippen LogP contribution in [0, 0.1) is 5.41 Å². The Morgan fingerprint density at radius 1 is 1.19 bits per heavy atom. The first kappa shape index (κ1) is 22.6. The SMILES string of the molecule is CC(C)(C)CCN(CCN)CCNC(=O)C(N)COCc1ccccc1. The molecule has 0 aromatic heterocycles. The van der Waals surface area contributed by atoms with E-state index in [4.69, 9.17) is 16.2 Å². The highest BCUT2D eigenvalue weighted by Gasteiger charge is 2.15. The lowest BCUT2D eigenvalue weighted by atomic mass is 9.92. The quantitative estimate of drug-likeness (QED) is 0.520. The Hall–Kier alpha value is -1.47. The molecule has 0 bridgehead atoms. The lowest BCUT2D eigenvalue weighted by Crippen LogP contribution is -2.46. The molecule has 5 N–H and O–H groups in total. The predicted molar refractivity (Wildman–Crippen MR) is 107 cm³/mol. The normalized spacial score (nSPS) is 13.0. The third kappa shape index (κ3) is 10.5. The molecular weight excluding hydrogens is 328 g/mol. The molecule has 0 radical (unpaired) electrons. The monoisotopic (exact) mass is 364 g/mol. The van der Waals surface area contributed by atoms with Gasteiger partial charge in [-0.2, -0.15) is 0 Å². The summed E-state index contributed by atoms with van der Waals surface area (Å²) in [7, 11) is 0. The molecule has 1 aromatic rings. The number of carbonyl (C=O) groups excluding carboxylic acids is 1. The van der Waals surface area contributed by atoms with Crippen LogP contribution < -0.4 is 16.8 Å². The van der Waals surface area contributed by atoms with E-state index in [0.29, 0.717) is 19.7 Å². The van der Waals surface area contributed by atoms with Crippen LogP contribution in [0.3, 0.4) is 0 Å². The van der Waals surface area contributed by atoms with Gasteiger partial charge in [0.15, 0.2) is 0 Å². The van der Waals surface area contributed by atoms with Gasteiger partial charge in [0, 0.05) is 26.2 Å². The Kier molecular flexibility index (Phi) is 10.4. The summed E-state index contributed by atoms with van der Waals surface area (Å²) in [6.07, 6.45) is 1.09. The summed E-state index contributed by atoms with van der Waals surface area (Å²) < 4.78 is 5.53. The average Bonchev–Trinajstić information content (AvgIpc) is 2.59. The Bertz CT molecular complexity index is 502. The molecule has 26 heavy (non-hydrogen) atoms. The lowest BCUT2D eigenvalue weighted by molar-refractivity contribution is -0.123. The zero-order chi connectivity index (χ0) is 19.4. The number of nitrogens with zero attached hydrogens (tertiary/aromatic N) is 1. The van der Waals surface area contributed by atoms with Crippen LogP contribution in [0.2, 0.25) is 0 Å². The van der Waals surface area contributed by atoms with Crippen LogP contribution in [0.15, 0.2) is 30.3 Å². The van der Waals surface area contributed by atoms with Gasteiger partial charge in [0.2, 0.25) is 5.91 Å². The van der Waals surface area contributed by atoms with Crippen LogP contribution in [-0.2, 0) is 16.1 Å². The zero-order valence-corrected chi connectivity index (χ0v) is 16.5. The molecule has 1 amide bonds. The smallest absolute Gasteiger partial charge is 0.239 e. The van der Waals surface area contributed by atoms with Crippen molar-refractivity contribution in [2.75, 3.05) is 39.3 Å². The van der Waals surface area contributed by atoms with Crippen LogP contribution in [-0.4, -0.2) is 56.2 Å². The number of hydrogen-bond acceptors (Lipinski definition) is 5. The van der Waals surface area contributed by atoms with Gasteiger partial charge in [-0.3, -0.25) is 4.79 Å². The van der Waals surface area contributed by atoms with Gasteiger partial charge in [0.1, 0.15) is 6.04 Å². The van der Waals surface area contributed by atoms with Crippen molar-refractivity contribution in [3.63, 3.8) is 0 Å². The van der Waals surface area contributed by atoms with Gasteiger partial charge in [-0.05, 0) is 23.9 Å². The van der Waals surface area contributed by atoms with Gasteiger partial charge in [0.05, 0.1) is 13.2 Å². The first-order valence-corrected chi connectivity index (χ1v) is 9.39. The maximum atomic E-state index is 12.1. The van der Waals surface area contributed by atoms with Gasteiger partial charge >= 0.3 is 0 Å². The molecule has 1 aromatic carbocycles. The van der Waals surface area contributed by atoms with E-state index < -0.39 is 6.04 Å². The maximum Gasteiger partial charge on any atom is 0.239 e. The van der Waals surface area contributed by atoms with Crippen LogP contribution in [0.25, 0.3) is 0 Å². The second-order valence-corrected chi connectivity index (χ2v) is 7.84. The van der Waals surface area contributed by atoms with E-state index in [-0.39, 0.29) is 17.9 Å². The Labute approximate surface area is 158 Å². The van der Waals surface area contributed by atoms with Crippen molar-refractivity contribution < 1.29 is 9.53 Å². The highest BCUT2D eigenvalue weighted by Crippen LogP contribution is 2.18. The van der Waals surface area contributed by atoms with Crippen molar-refractivity contribution in [2.24, 2.45) is 16.9 Å². The first-order valence-electron chi connectivity index (χ1n) is 9.39. The van der Waals surface area contributed by atoms with E-state index in [1.165, 1.54) is 0 Å². The summed E-state index contributed by atoms with van der Waals surface area (Å²) in [4.78, 5) is 14.4. The summed E-state index contributed by atoms with van der Waals surface area (Å²) in [5.41, 5.74) is 12.9. The van der Waals surface area contributed by atoms with Crippen molar-refractivity contribution in [2.45, 2.75) is 39.8 Å². The molecule has 1 unspecified atom stereocenters. The highest BCUT2D eigenvalue weighted by molar-refractivity contribution is 5.81. The predicted octanol–water partition coefficient (Wildman–Crippen LogP) is 1.34. The Morgan fingerprint density at radius 2 is 1.88 bits per heavy atom. The van der Waals surface area contributed by atoms with Gasteiger partial charge in [0.25, 0.3) is 0 Å². The van der Waals surface area contributed by atoms with Gasteiger partial charge in [-0.25, -0.2) is 0 Å². The fourth-order valence-corrected chi connectivity index (χ4v) is 2.43. The minimum Gasteiger partial charge on any atom is -0.375 e. The number of carbonyl (C=O) groups is 1. The topological polar surface area (TPSA) is 93.6 Å². The number of ether oxygens (including phenoxy) is 1. The Balaban J connectivity index is 2.23. The summed E-state index contributed by atoms with van der Waals surface area (Å²) in [6.45, 7) is 11.1. The number of rotatable bonds is 12. The average molecular weight is 365 g/mol.